The van der Waals surface area contributed by atoms with Crippen molar-refractivity contribution >= 4 is 34.1 Å². The second-order valence-corrected chi connectivity index (χ2v) is 8.99. The van der Waals surface area contributed by atoms with E-state index < -0.39 is 35.9 Å². The zero-order valence-corrected chi connectivity index (χ0v) is 19.7. The zero-order valence-electron chi connectivity index (χ0n) is 18.2. The van der Waals surface area contributed by atoms with Crippen LogP contribution in [-0.2, 0) is 25.6 Å². The van der Waals surface area contributed by atoms with Gasteiger partial charge in [0.1, 0.15) is 18.0 Å². The average Bonchev–Trinajstić information content (AvgIpc) is 3.09. The van der Waals surface area contributed by atoms with Gasteiger partial charge in [0.2, 0.25) is 0 Å². The number of imide groups is 1. The van der Waals surface area contributed by atoms with Crippen LogP contribution in [0.1, 0.15) is 38.0 Å². The molecule has 1 aliphatic heterocycles. The highest BCUT2D eigenvalue weighted by Gasteiger charge is 2.53. The van der Waals surface area contributed by atoms with Crippen molar-refractivity contribution in [2.75, 3.05) is 7.11 Å². The third-order valence-electron chi connectivity index (χ3n) is 4.54. The van der Waals surface area contributed by atoms with E-state index in [0.717, 1.165) is 5.56 Å². The molecule has 1 saturated heterocycles. The number of ether oxygens (including phenoxy) is 4. The lowest BCUT2D eigenvalue weighted by Crippen LogP contribution is -2.47. The lowest BCUT2D eigenvalue weighted by atomic mass is 10.0. The molecule has 2 aromatic rings. The highest BCUT2D eigenvalue weighted by molar-refractivity contribution is 9.10. The van der Waals surface area contributed by atoms with Gasteiger partial charge in [0.15, 0.2) is 12.1 Å². The topological polar surface area (TPSA) is 91.4 Å². The van der Waals surface area contributed by atoms with E-state index in [4.69, 9.17) is 18.9 Å². The van der Waals surface area contributed by atoms with Gasteiger partial charge in [0, 0.05) is 10.0 Å². The van der Waals surface area contributed by atoms with Crippen molar-refractivity contribution in [1.82, 2.24) is 4.90 Å². The van der Waals surface area contributed by atoms with Crippen molar-refractivity contribution in [3.8, 4) is 5.75 Å². The first-order valence-corrected chi connectivity index (χ1v) is 10.7. The number of cyclic esters (lactones) is 1. The minimum Gasteiger partial charge on any atom is -0.488 e. The van der Waals surface area contributed by atoms with Crippen LogP contribution >= 0.6 is 15.9 Å². The number of rotatable bonds is 5. The number of halogens is 1. The smallest absolute Gasteiger partial charge is 0.420 e. The van der Waals surface area contributed by atoms with Gasteiger partial charge in [-0.15, -0.1) is 0 Å². The Labute approximate surface area is 194 Å². The summed E-state index contributed by atoms with van der Waals surface area (Å²) in [7, 11) is 1.17. The Bertz CT molecular complexity index is 1000. The number of amides is 2. The van der Waals surface area contributed by atoms with Gasteiger partial charge in [-0.1, -0.05) is 46.3 Å². The van der Waals surface area contributed by atoms with Crippen LogP contribution in [0.2, 0.25) is 0 Å². The minimum atomic E-state index is -1.38. The summed E-state index contributed by atoms with van der Waals surface area (Å²) in [6, 6.07) is 13.3. The molecule has 0 N–H and O–H groups in total. The van der Waals surface area contributed by atoms with Crippen molar-refractivity contribution in [2.45, 2.75) is 45.1 Å². The summed E-state index contributed by atoms with van der Waals surface area (Å²) in [5.41, 5.74) is 0.463. The quantitative estimate of drug-likeness (QED) is 0.417. The van der Waals surface area contributed by atoms with Crippen molar-refractivity contribution in [1.29, 1.82) is 0 Å². The number of hydrogen-bond donors (Lipinski definition) is 0. The molecular formula is C23H24BrNO7. The van der Waals surface area contributed by atoms with Gasteiger partial charge in [-0.3, -0.25) is 0 Å². The first kappa shape index (κ1) is 23.6. The summed E-state index contributed by atoms with van der Waals surface area (Å²) in [4.78, 5) is 38.6. The van der Waals surface area contributed by atoms with E-state index in [-0.39, 0.29) is 6.61 Å². The molecule has 0 bridgehead atoms. The number of nitrogens with zero attached hydrogens (tertiary/aromatic N) is 1. The molecular weight excluding hydrogens is 482 g/mol. The molecule has 1 fully saturated rings. The van der Waals surface area contributed by atoms with Crippen LogP contribution in [0.5, 0.6) is 5.75 Å². The first-order valence-electron chi connectivity index (χ1n) is 9.87. The molecule has 9 heteroatoms. The maximum absolute atomic E-state index is 12.7. The maximum atomic E-state index is 12.7. The Morgan fingerprint density at radius 3 is 2.44 bits per heavy atom. The van der Waals surface area contributed by atoms with Gasteiger partial charge >= 0.3 is 18.2 Å². The second-order valence-electron chi connectivity index (χ2n) is 8.08. The average molecular weight is 506 g/mol. The Morgan fingerprint density at radius 1 is 1.12 bits per heavy atom. The van der Waals surface area contributed by atoms with Gasteiger partial charge in [0.25, 0.3) is 0 Å². The van der Waals surface area contributed by atoms with Gasteiger partial charge in [-0.25, -0.2) is 14.4 Å². The SMILES string of the molecule is COC(=O)[C@@H]1[C@@H](c2cc(Br)ccc2OCc2ccccc2)OC(=O)N1C(=O)OC(C)(C)C. The Hall–Kier alpha value is -3.07. The number of benzene rings is 2. The van der Waals surface area contributed by atoms with Crippen molar-refractivity contribution < 1.29 is 33.3 Å². The number of esters is 1. The Balaban J connectivity index is 1.96. The van der Waals surface area contributed by atoms with E-state index in [1.807, 2.05) is 30.3 Å². The van der Waals surface area contributed by atoms with Gasteiger partial charge in [-0.2, -0.15) is 4.90 Å². The monoisotopic (exact) mass is 505 g/mol. The largest absolute Gasteiger partial charge is 0.488 e. The number of methoxy groups -OCH3 is 1. The maximum Gasteiger partial charge on any atom is 0.420 e. The molecule has 32 heavy (non-hydrogen) atoms. The minimum absolute atomic E-state index is 0.259. The molecule has 2 aromatic carbocycles. The first-order chi connectivity index (χ1) is 15.1. The Kier molecular flexibility index (Phi) is 7.08. The number of carbonyl (C=O) groups is 3. The van der Waals surface area contributed by atoms with Crippen LogP contribution < -0.4 is 4.74 Å². The van der Waals surface area contributed by atoms with Gasteiger partial charge in [0.05, 0.1) is 7.11 Å². The van der Waals surface area contributed by atoms with Crippen LogP contribution in [-0.4, -0.2) is 41.8 Å². The van der Waals surface area contributed by atoms with E-state index in [1.165, 1.54) is 7.11 Å². The molecule has 170 valence electrons. The molecule has 3 rings (SSSR count). The third-order valence-corrected chi connectivity index (χ3v) is 5.03. The normalized spacial score (nSPS) is 18.2. The van der Waals surface area contributed by atoms with E-state index >= 15 is 0 Å². The fraction of sp³-hybridized carbons (Fsp3) is 0.348. The van der Waals surface area contributed by atoms with Crippen LogP contribution in [0.15, 0.2) is 53.0 Å². The Morgan fingerprint density at radius 2 is 1.81 bits per heavy atom. The van der Waals surface area contributed by atoms with Crippen LogP contribution in [0, 0.1) is 0 Å². The lowest BCUT2D eigenvalue weighted by Gasteiger charge is -2.26. The number of carbonyl (C=O) groups excluding carboxylic acids is 3. The molecule has 2 amide bonds. The van der Waals surface area contributed by atoms with E-state index in [1.54, 1.807) is 39.0 Å². The molecule has 1 heterocycles. The predicted octanol–water partition coefficient (Wildman–Crippen LogP) is 5.00. The van der Waals surface area contributed by atoms with Gasteiger partial charge in [-0.05, 0) is 44.5 Å². The molecule has 0 unspecified atom stereocenters. The van der Waals surface area contributed by atoms with Crippen molar-refractivity contribution in [2.24, 2.45) is 0 Å². The summed E-state index contributed by atoms with van der Waals surface area (Å²) in [5, 5.41) is 0. The summed E-state index contributed by atoms with van der Waals surface area (Å²) in [5.74, 6) is -0.421. The van der Waals surface area contributed by atoms with E-state index in [2.05, 4.69) is 15.9 Å². The summed E-state index contributed by atoms with van der Waals surface area (Å²) < 4.78 is 22.3. The molecule has 0 aliphatic carbocycles. The van der Waals surface area contributed by atoms with E-state index in [0.29, 0.717) is 20.7 Å². The van der Waals surface area contributed by atoms with Crippen LogP contribution in [0.25, 0.3) is 0 Å². The highest BCUT2D eigenvalue weighted by Crippen LogP contribution is 2.40. The predicted molar refractivity (Wildman–Crippen MR) is 118 cm³/mol. The molecule has 2 atom stereocenters. The number of hydrogen-bond acceptors (Lipinski definition) is 7. The molecule has 1 aliphatic rings. The highest BCUT2D eigenvalue weighted by atomic mass is 79.9. The summed E-state index contributed by atoms with van der Waals surface area (Å²) in [6.07, 6.45) is -3.15. The third kappa shape index (κ3) is 5.40. The second kappa shape index (κ2) is 9.60. The molecule has 0 saturated carbocycles. The molecule has 8 nitrogen and oxygen atoms in total. The fourth-order valence-electron chi connectivity index (χ4n) is 3.17. The van der Waals surface area contributed by atoms with Crippen LogP contribution in [0.4, 0.5) is 9.59 Å². The van der Waals surface area contributed by atoms with Crippen LogP contribution in [0.3, 0.4) is 0 Å². The molecule has 0 spiro atoms. The molecule has 0 aromatic heterocycles. The van der Waals surface area contributed by atoms with Crippen molar-refractivity contribution in [3.63, 3.8) is 0 Å². The zero-order chi connectivity index (χ0) is 23.5. The van der Waals surface area contributed by atoms with Crippen molar-refractivity contribution in [3.05, 3.63) is 64.1 Å². The summed E-state index contributed by atoms with van der Waals surface area (Å²) in [6.45, 7) is 5.22. The molecule has 0 radical (unpaired) electrons. The summed E-state index contributed by atoms with van der Waals surface area (Å²) >= 11 is 3.39. The fourth-order valence-corrected chi connectivity index (χ4v) is 3.55. The standard InChI is InChI=1S/C23H24BrNO7/c1-23(2,3)32-22(28)25-18(20(26)29-4)19(31-21(25)27)16-12-15(24)10-11-17(16)30-13-14-8-6-5-7-9-14/h5-12,18-19H,13H2,1-4H3/t18-,19+/m0/s1. The van der Waals surface area contributed by atoms with Gasteiger partial charge < -0.3 is 18.9 Å². The lowest BCUT2D eigenvalue weighted by molar-refractivity contribution is -0.146. The van der Waals surface area contributed by atoms with E-state index in [9.17, 15) is 14.4 Å².